The van der Waals surface area contributed by atoms with Gasteiger partial charge in [-0.2, -0.15) is 0 Å². The van der Waals surface area contributed by atoms with Crippen LogP contribution in [0.15, 0.2) is 53.8 Å². The van der Waals surface area contributed by atoms with Gasteiger partial charge >= 0.3 is 0 Å². The van der Waals surface area contributed by atoms with E-state index in [0.29, 0.717) is 16.9 Å². The van der Waals surface area contributed by atoms with Gasteiger partial charge in [0, 0.05) is 25.9 Å². The molecule has 2 heterocycles. The van der Waals surface area contributed by atoms with Crippen LogP contribution < -0.4 is 11.1 Å². The maximum Gasteiger partial charge on any atom is 0.278 e. The molecule has 1 aromatic carbocycles. The Labute approximate surface area is 199 Å². The molecular formula is C23H29N7O3S. The first kappa shape index (κ1) is 25.2. The van der Waals surface area contributed by atoms with Gasteiger partial charge in [-0.3, -0.25) is 9.78 Å². The SMILES string of the molecule is CN(C)CCCc1ccncc1NC(=O)c1nc(-c2ccc(S(=O)(=O)N(C)C)cc2)cnc1N. The summed E-state index contributed by atoms with van der Waals surface area (Å²) in [6, 6.07) is 8.07. The summed E-state index contributed by atoms with van der Waals surface area (Å²) in [5, 5.41) is 2.84. The summed E-state index contributed by atoms with van der Waals surface area (Å²) in [4.78, 5) is 27.9. The summed E-state index contributed by atoms with van der Waals surface area (Å²) in [6.07, 6.45) is 6.44. The Balaban J connectivity index is 1.83. The van der Waals surface area contributed by atoms with Crippen molar-refractivity contribution in [2.75, 3.05) is 45.8 Å². The lowest BCUT2D eigenvalue weighted by atomic mass is 10.1. The molecule has 0 radical (unpaired) electrons. The predicted molar refractivity (Wildman–Crippen MR) is 132 cm³/mol. The van der Waals surface area contributed by atoms with E-state index < -0.39 is 15.9 Å². The number of benzene rings is 1. The lowest BCUT2D eigenvalue weighted by Crippen LogP contribution is -2.22. The van der Waals surface area contributed by atoms with Crippen molar-refractivity contribution >= 4 is 27.4 Å². The number of nitrogens with one attached hydrogen (secondary N) is 1. The minimum atomic E-state index is -3.55. The topological polar surface area (TPSA) is 134 Å². The van der Waals surface area contributed by atoms with Crippen molar-refractivity contribution < 1.29 is 13.2 Å². The largest absolute Gasteiger partial charge is 0.382 e. The Morgan fingerprint density at radius 1 is 1.06 bits per heavy atom. The second-order valence-electron chi connectivity index (χ2n) is 8.19. The maximum absolute atomic E-state index is 13.0. The first-order valence-corrected chi connectivity index (χ1v) is 12.1. The van der Waals surface area contributed by atoms with E-state index >= 15 is 0 Å². The molecule has 0 saturated carbocycles. The third-order valence-corrected chi connectivity index (χ3v) is 6.98. The van der Waals surface area contributed by atoms with Gasteiger partial charge in [0.2, 0.25) is 10.0 Å². The average molecular weight is 484 g/mol. The Bertz CT molecular complexity index is 1260. The Kier molecular flexibility index (Phi) is 7.92. The zero-order chi connectivity index (χ0) is 24.9. The predicted octanol–water partition coefficient (Wildman–Crippen LogP) is 2.12. The van der Waals surface area contributed by atoms with E-state index in [0.717, 1.165) is 29.3 Å². The fourth-order valence-corrected chi connectivity index (χ4v) is 4.14. The second kappa shape index (κ2) is 10.7. The van der Waals surface area contributed by atoms with Crippen molar-refractivity contribution in [3.05, 3.63) is 60.2 Å². The molecule has 0 bridgehead atoms. The Morgan fingerprint density at radius 3 is 2.41 bits per heavy atom. The number of aromatic nitrogens is 3. The minimum absolute atomic E-state index is 0.00824. The van der Waals surface area contributed by atoms with Crippen LogP contribution >= 0.6 is 0 Å². The van der Waals surface area contributed by atoms with Crippen molar-refractivity contribution in [1.29, 1.82) is 0 Å². The molecule has 34 heavy (non-hydrogen) atoms. The molecule has 11 heteroatoms. The summed E-state index contributed by atoms with van der Waals surface area (Å²) < 4.78 is 25.7. The number of amides is 1. The van der Waals surface area contributed by atoms with Gasteiger partial charge in [0.05, 0.1) is 28.7 Å². The second-order valence-corrected chi connectivity index (χ2v) is 10.3. The summed E-state index contributed by atoms with van der Waals surface area (Å²) in [5.74, 6) is -0.508. The molecule has 0 aliphatic carbocycles. The highest BCUT2D eigenvalue weighted by Gasteiger charge is 2.19. The quantitative estimate of drug-likeness (QED) is 0.473. The summed E-state index contributed by atoms with van der Waals surface area (Å²) >= 11 is 0. The molecule has 3 N–H and O–H groups in total. The number of nitrogens with two attached hydrogens (primary N) is 1. The average Bonchev–Trinajstić information content (AvgIpc) is 2.80. The number of hydrogen-bond donors (Lipinski definition) is 2. The number of anilines is 2. The number of pyridine rings is 1. The number of sulfonamides is 1. The number of nitrogens with zero attached hydrogens (tertiary/aromatic N) is 5. The molecule has 1 amide bonds. The number of carbonyl (C=O) groups excluding carboxylic acids is 1. The van der Waals surface area contributed by atoms with Gasteiger partial charge in [0.15, 0.2) is 11.5 Å². The molecular weight excluding hydrogens is 454 g/mol. The number of rotatable bonds is 9. The molecule has 0 fully saturated rings. The van der Waals surface area contributed by atoms with Crippen molar-refractivity contribution in [1.82, 2.24) is 24.2 Å². The molecule has 0 atom stereocenters. The zero-order valence-electron chi connectivity index (χ0n) is 19.7. The molecule has 0 unspecified atom stereocenters. The van der Waals surface area contributed by atoms with Gasteiger partial charge in [-0.25, -0.2) is 22.7 Å². The minimum Gasteiger partial charge on any atom is -0.382 e. The maximum atomic E-state index is 13.0. The van der Waals surface area contributed by atoms with Gasteiger partial charge in [-0.05, 0) is 57.2 Å². The van der Waals surface area contributed by atoms with Crippen LogP contribution in [-0.2, 0) is 16.4 Å². The molecule has 0 saturated heterocycles. The number of aryl methyl sites for hydroxylation is 1. The first-order chi connectivity index (χ1) is 16.1. The summed E-state index contributed by atoms with van der Waals surface area (Å²) in [6.45, 7) is 0.921. The molecule has 2 aromatic heterocycles. The zero-order valence-corrected chi connectivity index (χ0v) is 20.5. The van der Waals surface area contributed by atoms with E-state index in [1.54, 1.807) is 24.5 Å². The summed E-state index contributed by atoms with van der Waals surface area (Å²) in [5.41, 5.74) is 8.48. The van der Waals surface area contributed by atoms with E-state index in [4.69, 9.17) is 5.73 Å². The van der Waals surface area contributed by atoms with Gasteiger partial charge in [0.1, 0.15) is 0 Å². The Morgan fingerprint density at radius 2 is 1.76 bits per heavy atom. The number of hydrogen-bond acceptors (Lipinski definition) is 8. The van der Waals surface area contributed by atoms with Crippen LogP contribution in [0, 0.1) is 0 Å². The van der Waals surface area contributed by atoms with Gasteiger partial charge in [0.25, 0.3) is 5.91 Å². The van der Waals surface area contributed by atoms with Crippen LogP contribution in [0.5, 0.6) is 0 Å². The van der Waals surface area contributed by atoms with E-state index in [9.17, 15) is 13.2 Å². The lowest BCUT2D eigenvalue weighted by Gasteiger charge is -2.13. The lowest BCUT2D eigenvalue weighted by molar-refractivity contribution is 0.102. The highest BCUT2D eigenvalue weighted by atomic mass is 32.2. The number of carbonyl (C=O) groups is 1. The van der Waals surface area contributed by atoms with Crippen molar-refractivity contribution in [2.24, 2.45) is 0 Å². The van der Waals surface area contributed by atoms with E-state index in [1.165, 1.54) is 32.4 Å². The fraction of sp³-hybridized carbons (Fsp3) is 0.304. The molecule has 180 valence electrons. The first-order valence-electron chi connectivity index (χ1n) is 10.6. The van der Waals surface area contributed by atoms with Crippen molar-refractivity contribution in [3.63, 3.8) is 0 Å². The monoisotopic (exact) mass is 483 g/mol. The van der Waals surface area contributed by atoms with Crippen LogP contribution in [0.2, 0.25) is 0 Å². The normalized spacial score (nSPS) is 11.7. The van der Waals surface area contributed by atoms with E-state index in [-0.39, 0.29) is 16.4 Å². The molecule has 0 aliphatic rings. The molecule has 0 aliphatic heterocycles. The third-order valence-electron chi connectivity index (χ3n) is 5.16. The van der Waals surface area contributed by atoms with Crippen LogP contribution in [0.25, 0.3) is 11.3 Å². The molecule has 10 nitrogen and oxygen atoms in total. The van der Waals surface area contributed by atoms with E-state index in [2.05, 4.69) is 25.2 Å². The van der Waals surface area contributed by atoms with Gasteiger partial charge < -0.3 is 16.0 Å². The van der Waals surface area contributed by atoms with Gasteiger partial charge in [-0.1, -0.05) is 12.1 Å². The van der Waals surface area contributed by atoms with Crippen LogP contribution in [0.4, 0.5) is 11.5 Å². The van der Waals surface area contributed by atoms with E-state index in [1.807, 2.05) is 20.2 Å². The Hall–Kier alpha value is -3.41. The molecule has 0 spiro atoms. The smallest absolute Gasteiger partial charge is 0.278 e. The van der Waals surface area contributed by atoms with Crippen molar-refractivity contribution in [2.45, 2.75) is 17.7 Å². The van der Waals surface area contributed by atoms with Crippen LogP contribution in [-0.4, -0.2) is 73.2 Å². The number of nitrogen functional groups attached to an aromatic ring is 1. The van der Waals surface area contributed by atoms with Crippen molar-refractivity contribution in [3.8, 4) is 11.3 Å². The van der Waals surface area contributed by atoms with Crippen LogP contribution in [0.3, 0.4) is 0 Å². The summed E-state index contributed by atoms with van der Waals surface area (Å²) in [7, 11) is 3.41. The highest BCUT2D eigenvalue weighted by molar-refractivity contribution is 7.89. The molecule has 3 rings (SSSR count). The van der Waals surface area contributed by atoms with Gasteiger partial charge in [-0.15, -0.1) is 0 Å². The standard InChI is InChI=1S/C23H29N7O3S/c1-29(2)13-5-6-16-11-12-25-14-19(16)28-23(31)21-22(24)26-15-20(27-21)17-7-9-18(10-8-17)34(32,33)30(3)4/h7-12,14-15H,5-6,13H2,1-4H3,(H2,24,26)(H,28,31). The third kappa shape index (κ3) is 5.93. The van der Waals surface area contributed by atoms with Crippen LogP contribution in [0.1, 0.15) is 22.5 Å². The fourth-order valence-electron chi connectivity index (χ4n) is 3.23. The molecule has 3 aromatic rings. The highest BCUT2D eigenvalue weighted by Crippen LogP contribution is 2.23.